The Balaban J connectivity index is 1.84. The summed E-state index contributed by atoms with van der Waals surface area (Å²) < 4.78 is 24.4. The van der Waals surface area contributed by atoms with Crippen LogP contribution in [0.5, 0.6) is 0 Å². The molecule has 0 fully saturated rings. The lowest BCUT2D eigenvalue weighted by Gasteiger charge is -2.14. The lowest BCUT2D eigenvalue weighted by molar-refractivity contribution is 0.0453. The van der Waals surface area contributed by atoms with Crippen LogP contribution >= 0.6 is 11.8 Å². The van der Waals surface area contributed by atoms with Crippen molar-refractivity contribution in [1.82, 2.24) is 10.6 Å². The van der Waals surface area contributed by atoms with E-state index < -0.39 is 0 Å². The molecule has 0 aliphatic carbocycles. The van der Waals surface area contributed by atoms with Gasteiger partial charge in [0, 0.05) is 32.5 Å². The van der Waals surface area contributed by atoms with Crippen molar-refractivity contribution in [2.75, 3.05) is 33.1 Å². The fourth-order valence-corrected chi connectivity index (χ4v) is 3.50. The first-order valence-electron chi connectivity index (χ1n) is 10.1. The number of hydrogen-bond acceptors (Lipinski definition) is 4. The molecular weight excluding hydrogens is 401 g/mol. The molecule has 0 amide bonds. The third kappa shape index (κ3) is 8.73. The maximum atomic E-state index is 13.5. The maximum Gasteiger partial charge on any atom is 0.191 e. The predicted molar refractivity (Wildman–Crippen MR) is 123 cm³/mol. The molecule has 2 rings (SSSR count). The first-order valence-corrected chi connectivity index (χ1v) is 11.5. The molecule has 0 spiro atoms. The molecule has 0 heterocycles. The second-order valence-electron chi connectivity index (χ2n) is 6.69. The Bertz CT molecular complexity index is 802. The van der Waals surface area contributed by atoms with Gasteiger partial charge in [0.05, 0.1) is 19.8 Å². The van der Waals surface area contributed by atoms with Gasteiger partial charge in [-0.05, 0) is 47.6 Å². The summed E-state index contributed by atoms with van der Waals surface area (Å²) in [6.07, 6.45) is 2.01. The van der Waals surface area contributed by atoms with Crippen LogP contribution in [0.4, 0.5) is 4.39 Å². The summed E-state index contributed by atoms with van der Waals surface area (Å²) in [5.41, 5.74) is 4.35. The number of benzene rings is 2. The molecule has 7 heteroatoms. The lowest BCUT2D eigenvalue weighted by atomic mass is 10.1. The van der Waals surface area contributed by atoms with Gasteiger partial charge >= 0.3 is 0 Å². The number of hydrogen-bond donors (Lipinski definition) is 2. The maximum absolute atomic E-state index is 13.5. The molecule has 2 aromatic rings. The molecule has 30 heavy (non-hydrogen) atoms. The summed E-state index contributed by atoms with van der Waals surface area (Å²) in [5, 5.41) is 6.64. The Morgan fingerprint density at radius 2 is 1.77 bits per heavy atom. The summed E-state index contributed by atoms with van der Waals surface area (Å²) in [5.74, 6) is 1.28. The van der Waals surface area contributed by atoms with E-state index in [2.05, 4.69) is 33.8 Å². The van der Waals surface area contributed by atoms with E-state index in [0.717, 1.165) is 28.0 Å². The Labute approximate surface area is 183 Å². The first kappa shape index (κ1) is 24.2. The molecule has 0 aliphatic heterocycles. The van der Waals surface area contributed by atoms with E-state index in [0.29, 0.717) is 45.5 Å². The smallest absolute Gasteiger partial charge is 0.191 e. The number of halogens is 1. The third-order valence-corrected chi connectivity index (χ3v) is 5.03. The van der Waals surface area contributed by atoms with E-state index in [9.17, 15) is 4.39 Å². The number of guanidine groups is 1. The number of rotatable bonds is 12. The van der Waals surface area contributed by atoms with Gasteiger partial charge in [0.2, 0.25) is 0 Å². The predicted octanol–water partition coefficient (Wildman–Crippen LogP) is 4.11. The van der Waals surface area contributed by atoms with Crippen molar-refractivity contribution in [3.05, 3.63) is 70.5 Å². The Morgan fingerprint density at radius 3 is 2.53 bits per heavy atom. The molecule has 2 aromatic carbocycles. The zero-order chi connectivity index (χ0) is 21.6. The first-order chi connectivity index (χ1) is 14.7. The molecule has 0 saturated carbocycles. The number of aliphatic imine (C=N–C) groups is 1. The SMILES string of the molecule is CCOCCOCc1cccc(CNC(=NC)NCc2ccc(F)cc2CSC)c1. The summed E-state index contributed by atoms with van der Waals surface area (Å²) >= 11 is 1.68. The molecule has 0 bridgehead atoms. The number of nitrogens with zero attached hydrogens (tertiary/aromatic N) is 1. The van der Waals surface area contributed by atoms with Gasteiger partial charge in [-0.2, -0.15) is 11.8 Å². The zero-order valence-corrected chi connectivity index (χ0v) is 18.9. The summed E-state index contributed by atoms with van der Waals surface area (Å²) in [6.45, 7) is 5.69. The fourth-order valence-electron chi connectivity index (χ4n) is 2.92. The molecule has 0 saturated heterocycles. The molecule has 0 aliphatic rings. The highest BCUT2D eigenvalue weighted by Gasteiger charge is 2.06. The lowest BCUT2D eigenvalue weighted by Crippen LogP contribution is -2.36. The molecule has 0 unspecified atom stereocenters. The van der Waals surface area contributed by atoms with E-state index in [1.54, 1.807) is 24.9 Å². The van der Waals surface area contributed by atoms with Gasteiger partial charge in [0.25, 0.3) is 0 Å². The molecule has 0 atom stereocenters. The summed E-state index contributed by atoms with van der Waals surface area (Å²) in [6, 6.07) is 13.2. The van der Waals surface area contributed by atoms with Crippen LogP contribution in [0.1, 0.15) is 29.2 Å². The van der Waals surface area contributed by atoms with Gasteiger partial charge in [0.15, 0.2) is 5.96 Å². The van der Waals surface area contributed by atoms with Crippen LogP contribution in [0.15, 0.2) is 47.5 Å². The van der Waals surface area contributed by atoms with Crippen LogP contribution in [0.3, 0.4) is 0 Å². The molecule has 0 radical (unpaired) electrons. The van der Waals surface area contributed by atoms with Crippen molar-refractivity contribution in [3.63, 3.8) is 0 Å². The van der Waals surface area contributed by atoms with Crippen LogP contribution in [0, 0.1) is 5.82 Å². The van der Waals surface area contributed by atoms with Crippen molar-refractivity contribution < 1.29 is 13.9 Å². The highest BCUT2D eigenvalue weighted by Crippen LogP contribution is 2.16. The van der Waals surface area contributed by atoms with Crippen LogP contribution in [0.25, 0.3) is 0 Å². The summed E-state index contributed by atoms with van der Waals surface area (Å²) in [4.78, 5) is 4.29. The average molecular weight is 434 g/mol. The van der Waals surface area contributed by atoms with Gasteiger partial charge in [-0.1, -0.05) is 30.3 Å². The Hall–Kier alpha value is -2.09. The van der Waals surface area contributed by atoms with Gasteiger partial charge in [-0.25, -0.2) is 4.39 Å². The number of nitrogens with one attached hydrogen (secondary N) is 2. The minimum Gasteiger partial charge on any atom is -0.379 e. The highest BCUT2D eigenvalue weighted by molar-refractivity contribution is 7.97. The average Bonchev–Trinajstić information content (AvgIpc) is 2.75. The Morgan fingerprint density at radius 1 is 1.00 bits per heavy atom. The van der Waals surface area contributed by atoms with E-state index in [4.69, 9.17) is 9.47 Å². The van der Waals surface area contributed by atoms with Gasteiger partial charge in [0.1, 0.15) is 5.82 Å². The van der Waals surface area contributed by atoms with Crippen LogP contribution in [-0.4, -0.2) is 39.1 Å². The fraction of sp³-hybridized carbons (Fsp3) is 0.435. The van der Waals surface area contributed by atoms with Crippen molar-refractivity contribution in [2.24, 2.45) is 4.99 Å². The highest BCUT2D eigenvalue weighted by atomic mass is 32.2. The third-order valence-electron chi connectivity index (χ3n) is 4.43. The summed E-state index contributed by atoms with van der Waals surface area (Å²) in [7, 11) is 1.74. The Kier molecular flexibility index (Phi) is 11.3. The number of ether oxygens (including phenoxy) is 2. The molecule has 2 N–H and O–H groups in total. The van der Waals surface area contributed by atoms with Crippen molar-refractivity contribution in [3.8, 4) is 0 Å². The van der Waals surface area contributed by atoms with Crippen LogP contribution in [0.2, 0.25) is 0 Å². The van der Waals surface area contributed by atoms with Gasteiger partial charge < -0.3 is 20.1 Å². The van der Waals surface area contributed by atoms with Crippen molar-refractivity contribution >= 4 is 17.7 Å². The molecule has 0 aromatic heterocycles. The molecule has 5 nitrogen and oxygen atoms in total. The minimum atomic E-state index is -0.202. The zero-order valence-electron chi connectivity index (χ0n) is 18.0. The van der Waals surface area contributed by atoms with E-state index in [1.165, 1.54) is 6.07 Å². The van der Waals surface area contributed by atoms with Crippen LogP contribution < -0.4 is 10.6 Å². The quantitative estimate of drug-likeness (QED) is 0.300. The second-order valence-corrected chi connectivity index (χ2v) is 7.56. The standard InChI is InChI=1S/C23H32FN3O2S/c1-4-28-10-11-29-16-19-7-5-6-18(12-19)14-26-23(25-2)27-15-20-8-9-22(24)13-21(20)17-30-3/h5-9,12-13H,4,10-11,14-17H2,1-3H3,(H2,25,26,27). The minimum absolute atomic E-state index is 0.202. The topological polar surface area (TPSA) is 54.9 Å². The largest absolute Gasteiger partial charge is 0.379 e. The normalized spacial score (nSPS) is 11.5. The van der Waals surface area contributed by atoms with Crippen LogP contribution in [-0.2, 0) is 34.9 Å². The van der Waals surface area contributed by atoms with Gasteiger partial charge in [-0.3, -0.25) is 4.99 Å². The second kappa shape index (κ2) is 14.0. The number of thioether (sulfide) groups is 1. The van der Waals surface area contributed by atoms with Crippen molar-refractivity contribution in [1.29, 1.82) is 0 Å². The molecule has 164 valence electrons. The van der Waals surface area contributed by atoms with E-state index in [1.807, 2.05) is 25.3 Å². The van der Waals surface area contributed by atoms with Gasteiger partial charge in [-0.15, -0.1) is 0 Å². The molecular formula is C23H32FN3O2S. The van der Waals surface area contributed by atoms with E-state index in [-0.39, 0.29) is 5.82 Å². The monoisotopic (exact) mass is 433 g/mol. The van der Waals surface area contributed by atoms with E-state index >= 15 is 0 Å². The van der Waals surface area contributed by atoms with Crippen molar-refractivity contribution in [2.45, 2.75) is 32.4 Å².